The van der Waals surface area contributed by atoms with Crippen molar-refractivity contribution >= 4 is 16.0 Å². The van der Waals surface area contributed by atoms with E-state index in [1.165, 1.54) is 21.0 Å². The summed E-state index contributed by atoms with van der Waals surface area (Å²) in [5, 5.41) is 3.57. The minimum atomic E-state index is -3.92. The maximum absolute atomic E-state index is 12.2. The SMILES string of the molecule is COc1ccccc1OC(=O)CNS(=O)(=O)c1c(C)noc1C. The lowest BCUT2D eigenvalue weighted by Gasteiger charge is -2.09. The van der Waals surface area contributed by atoms with Gasteiger partial charge in [0, 0.05) is 0 Å². The third kappa shape index (κ3) is 3.88. The van der Waals surface area contributed by atoms with Gasteiger partial charge in [-0.25, -0.2) is 8.42 Å². The van der Waals surface area contributed by atoms with Gasteiger partial charge in [0.25, 0.3) is 0 Å². The summed E-state index contributed by atoms with van der Waals surface area (Å²) in [6.45, 7) is 2.43. The molecule has 0 unspecified atom stereocenters. The molecule has 0 spiro atoms. The first-order valence-corrected chi connectivity index (χ1v) is 8.09. The third-order valence-corrected chi connectivity index (χ3v) is 4.58. The van der Waals surface area contributed by atoms with E-state index in [2.05, 4.69) is 9.88 Å². The molecule has 0 fully saturated rings. The maximum Gasteiger partial charge on any atom is 0.326 e. The molecular formula is C14H16N2O6S. The molecule has 8 nitrogen and oxygen atoms in total. The van der Waals surface area contributed by atoms with Crippen LogP contribution in [0.15, 0.2) is 33.7 Å². The maximum atomic E-state index is 12.2. The van der Waals surface area contributed by atoms with E-state index in [0.29, 0.717) is 5.75 Å². The summed E-state index contributed by atoms with van der Waals surface area (Å²) in [6.07, 6.45) is 0. The molecule has 0 atom stereocenters. The Morgan fingerprint density at radius 3 is 2.48 bits per heavy atom. The molecule has 0 aliphatic heterocycles. The topological polar surface area (TPSA) is 108 Å². The van der Waals surface area contributed by atoms with Crippen LogP contribution in [0.2, 0.25) is 0 Å². The zero-order valence-corrected chi connectivity index (χ0v) is 13.6. The van der Waals surface area contributed by atoms with Gasteiger partial charge < -0.3 is 14.0 Å². The molecule has 9 heteroatoms. The van der Waals surface area contributed by atoms with Gasteiger partial charge in [-0.1, -0.05) is 17.3 Å². The summed E-state index contributed by atoms with van der Waals surface area (Å²) in [5.74, 6) is -0.0519. The number of aromatic nitrogens is 1. The van der Waals surface area contributed by atoms with E-state index in [9.17, 15) is 13.2 Å². The predicted molar refractivity (Wildman–Crippen MR) is 79.8 cm³/mol. The second kappa shape index (κ2) is 6.80. The van der Waals surface area contributed by atoms with Crippen molar-refractivity contribution in [3.8, 4) is 11.5 Å². The summed E-state index contributed by atoms with van der Waals surface area (Å²) in [5.41, 5.74) is 0.216. The number of methoxy groups -OCH3 is 1. The minimum Gasteiger partial charge on any atom is -0.493 e. The number of esters is 1. The van der Waals surface area contributed by atoms with E-state index in [1.807, 2.05) is 0 Å². The quantitative estimate of drug-likeness (QED) is 0.621. The van der Waals surface area contributed by atoms with E-state index in [4.69, 9.17) is 14.0 Å². The van der Waals surface area contributed by atoms with Crippen LogP contribution >= 0.6 is 0 Å². The summed E-state index contributed by atoms with van der Waals surface area (Å²) in [6, 6.07) is 6.55. The number of sulfonamides is 1. The third-order valence-electron chi connectivity index (χ3n) is 2.94. The van der Waals surface area contributed by atoms with Gasteiger partial charge in [-0.15, -0.1) is 0 Å². The van der Waals surface area contributed by atoms with Gasteiger partial charge in [0.05, 0.1) is 7.11 Å². The summed E-state index contributed by atoms with van der Waals surface area (Å²) < 4.78 is 41.4. The molecule has 0 saturated carbocycles. The van der Waals surface area contributed by atoms with Crippen LogP contribution in [0.4, 0.5) is 0 Å². The lowest BCUT2D eigenvalue weighted by atomic mass is 10.3. The molecule has 2 aromatic rings. The number of rotatable bonds is 6. The lowest BCUT2D eigenvalue weighted by Crippen LogP contribution is -2.32. The van der Waals surface area contributed by atoms with E-state index < -0.39 is 22.5 Å². The normalized spacial score (nSPS) is 11.3. The van der Waals surface area contributed by atoms with Crippen molar-refractivity contribution in [3.63, 3.8) is 0 Å². The van der Waals surface area contributed by atoms with Gasteiger partial charge in [0.15, 0.2) is 17.3 Å². The average Bonchev–Trinajstić information content (AvgIpc) is 2.85. The number of hydrogen-bond acceptors (Lipinski definition) is 7. The van der Waals surface area contributed by atoms with Crippen molar-refractivity contribution in [3.05, 3.63) is 35.7 Å². The molecule has 0 aliphatic carbocycles. The fourth-order valence-corrected chi connectivity index (χ4v) is 3.24. The molecule has 1 N–H and O–H groups in total. The molecule has 1 aromatic carbocycles. The number of carbonyl (C=O) groups excluding carboxylic acids is 1. The Bertz CT molecular complexity index is 793. The van der Waals surface area contributed by atoms with E-state index in [-0.39, 0.29) is 22.1 Å². The van der Waals surface area contributed by atoms with Gasteiger partial charge >= 0.3 is 5.97 Å². The van der Waals surface area contributed by atoms with Crippen LogP contribution in [0, 0.1) is 13.8 Å². The van der Waals surface area contributed by atoms with Crippen LogP contribution in [-0.2, 0) is 14.8 Å². The van der Waals surface area contributed by atoms with Gasteiger partial charge in [0.1, 0.15) is 17.1 Å². The zero-order valence-electron chi connectivity index (χ0n) is 12.8. The molecule has 0 amide bonds. The highest BCUT2D eigenvalue weighted by molar-refractivity contribution is 7.89. The highest BCUT2D eigenvalue weighted by atomic mass is 32.2. The molecule has 124 valence electrons. The first-order valence-electron chi connectivity index (χ1n) is 6.61. The summed E-state index contributed by atoms with van der Waals surface area (Å²) in [4.78, 5) is 11.7. The lowest BCUT2D eigenvalue weighted by molar-refractivity contribution is -0.133. The van der Waals surface area contributed by atoms with Crippen molar-refractivity contribution in [1.29, 1.82) is 0 Å². The molecule has 0 aliphatic rings. The molecule has 1 heterocycles. The second-order valence-corrected chi connectivity index (χ2v) is 6.31. The molecule has 1 aromatic heterocycles. The smallest absolute Gasteiger partial charge is 0.326 e. The monoisotopic (exact) mass is 340 g/mol. The van der Waals surface area contributed by atoms with Gasteiger partial charge in [0.2, 0.25) is 10.0 Å². The van der Waals surface area contributed by atoms with Crippen molar-refractivity contribution in [2.75, 3.05) is 13.7 Å². The first kappa shape index (κ1) is 17.0. The Morgan fingerprint density at radius 1 is 1.26 bits per heavy atom. The molecule has 0 bridgehead atoms. The number of para-hydroxylation sites is 2. The number of hydrogen-bond donors (Lipinski definition) is 1. The summed E-state index contributed by atoms with van der Waals surface area (Å²) >= 11 is 0. The Labute approximate surface area is 133 Å². The number of ether oxygens (including phenoxy) is 2. The van der Waals surface area contributed by atoms with Gasteiger partial charge in [-0.3, -0.25) is 4.79 Å². The molecule has 0 saturated heterocycles. The van der Waals surface area contributed by atoms with E-state index in [0.717, 1.165) is 0 Å². The zero-order chi connectivity index (χ0) is 17.0. The van der Waals surface area contributed by atoms with Crippen LogP contribution in [0.5, 0.6) is 11.5 Å². The standard InChI is InChI=1S/C14H16N2O6S/c1-9-14(10(2)22-16-9)23(18,19)15-8-13(17)21-12-7-5-4-6-11(12)20-3/h4-7,15H,8H2,1-3H3. The largest absolute Gasteiger partial charge is 0.493 e. The van der Waals surface area contributed by atoms with Crippen molar-refractivity contribution in [2.45, 2.75) is 18.7 Å². The Hall–Kier alpha value is -2.39. The molecule has 0 radical (unpaired) electrons. The Balaban J connectivity index is 2.04. The van der Waals surface area contributed by atoms with Crippen LogP contribution < -0.4 is 14.2 Å². The number of aryl methyl sites for hydroxylation is 2. The van der Waals surface area contributed by atoms with Crippen molar-refractivity contribution < 1.29 is 27.2 Å². The molecular weight excluding hydrogens is 324 g/mol. The number of nitrogens with one attached hydrogen (secondary N) is 1. The molecule has 2 rings (SSSR count). The highest BCUT2D eigenvalue weighted by Crippen LogP contribution is 2.25. The minimum absolute atomic E-state index is 0.0809. The molecule has 23 heavy (non-hydrogen) atoms. The fraction of sp³-hybridized carbons (Fsp3) is 0.286. The fourth-order valence-electron chi connectivity index (χ4n) is 1.95. The Kier molecular flexibility index (Phi) is 5.02. The van der Waals surface area contributed by atoms with Crippen LogP contribution in [0.1, 0.15) is 11.5 Å². The Morgan fingerprint density at radius 2 is 1.91 bits per heavy atom. The number of nitrogens with zero attached hydrogens (tertiary/aromatic N) is 1. The first-order chi connectivity index (χ1) is 10.8. The predicted octanol–water partition coefficient (Wildman–Crippen LogP) is 1.18. The van der Waals surface area contributed by atoms with Gasteiger partial charge in [-0.05, 0) is 26.0 Å². The number of carbonyl (C=O) groups is 1. The average molecular weight is 340 g/mol. The van der Waals surface area contributed by atoms with Crippen molar-refractivity contribution in [2.24, 2.45) is 0 Å². The number of benzene rings is 1. The van der Waals surface area contributed by atoms with Gasteiger partial charge in [-0.2, -0.15) is 4.72 Å². The second-order valence-electron chi connectivity index (χ2n) is 4.60. The van der Waals surface area contributed by atoms with Crippen LogP contribution in [-0.4, -0.2) is 33.2 Å². The summed E-state index contributed by atoms with van der Waals surface area (Å²) in [7, 11) is -2.48. The van der Waals surface area contributed by atoms with Crippen molar-refractivity contribution in [1.82, 2.24) is 9.88 Å². The van der Waals surface area contributed by atoms with E-state index in [1.54, 1.807) is 24.3 Å². The van der Waals surface area contributed by atoms with E-state index >= 15 is 0 Å². The van der Waals surface area contributed by atoms with Crippen LogP contribution in [0.25, 0.3) is 0 Å². The van der Waals surface area contributed by atoms with Crippen LogP contribution in [0.3, 0.4) is 0 Å². The highest BCUT2D eigenvalue weighted by Gasteiger charge is 2.25.